The van der Waals surface area contributed by atoms with Crippen LogP contribution >= 0.6 is 0 Å². The molecule has 1 aromatic rings. The number of amides is 1. The highest BCUT2D eigenvalue weighted by atomic mass is 16.5. The van der Waals surface area contributed by atoms with Crippen molar-refractivity contribution in [1.29, 1.82) is 0 Å². The average Bonchev–Trinajstić information content (AvgIpc) is 2.49. The van der Waals surface area contributed by atoms with E-state index in [1.54, 1.807) is 0 Å². The lowest BCUT2D eigenvalue weighted by Gasteiger charge is -2.27. The van der Waals surface area contributed by atoms with Gasteiger partial charge in [-0.3, -0.25) is 4.79 Å². The monoisotopic (exact) mass is 322 g/mol. The molecule has 130 valence electrons. The second-order valence-electron chi connectivity index (χ2n) is 6.04. The Labute approximate surface area is 140 Å². The van der Waals surface area contributed by atoms with Crippen LogP contribution in [0.3, 0.4) is 0 Å². The molecule has 5 nitrogen and oxygen atoms in total. The number of carbonyl (C=O) groups excluding carboxylic acids is 1. The minimum Gasteiger partial charge on any atom is -0.492 e. The highest BCUT2D eigenvalue weighted by Gasteiger charge is 2.32. The minimum absolute atomic E-state index is 0.109. The van der Waals surface area contributed by atoms with Crippen LogP contribution in [-0.4, -0.2) is 50.3 Å². The molecule has 0 heterocycles. The Balaban J connectivity index is 2.61. The highest BCUT2D eigenvalue weighted by Crippen LogP contribution is 2.22. The fraction of sp³-hybridized carbons (Fsp3) is 0.611. The molecule has 1 N–H and O–H groups in total. The summed E-state index contributed by atoms with van der Waals surface area (Å²) >= 11 is 0. The number of hydrogen-bond donors (Lipinski definition) is 1. The average molecular weight is 322 g/mol. The van der Waals surface area contributed by atoms with Crippen LogP contribution in [0, 0.1) is 0 Å². The number of anilines is 1. The summed E-state index contributed by atoms with van der Waals surface area (Å²) in [5.41, 5.74) is -0.0401. The van der Waals surface area contributed by atoms with Crippen LogP contribution in [0.4, 0.5) is 5.69 Å². The third-order valence-electron chi connectivity index (χ3n) is 3.59. The van der Waals surface area contributed by atoms with Gasteiger partial charge in [-0.1, -0.05) is 13.3 Å². The normalized spacial score (nSPS) is 13.7. The number of benzene rings is 1. The number of likely N-dealkylation sites (N-methyl/N-ethyl adjacent to an activating group) is 1. The van der Waals surface area contributed by atoms with Gasteiger partial charge in [-0.15, -0.1) is 0 Å². The van der Waals surface area contributed by atoms with Gasteiger partial charge in [0, 0.05) is 18.8 Å². The maximum atomic E-state index is 12.5. The van der Waals surface area contributed by atoms with E-state index >= 15 is 0 Å². The van der Waals surface area contributed by atoms with Crippen molar-refractivity contribution in [1.82, 2.24) is 4.90 Å². The Bertz CT molecular complexity index is 466. The highest BCUT2D eigenvalue weighted by molar-refractivity contribution is 5.97. The zero-order chi connectivity index (χ0) is 17.3. The predicted molar refractivity (Wildman–Crippen MR) is 94.1 cm³/mol. The minimum atomic E-state index is -0.787. The van der Waals surface area contributed by atoms with Gasteiger partial charge in [-0.05, 0) is 58.6 Å². The van der Waals surface area contributed by atoms with Gasteiger partial charge in [0.25, 0.3) is 5.91 Å². The zero-order valence-electron chi connectivity index (χ0n) is 15.0. The van der Waals surface area contributed by atoms with Gasteiger partial charge >= 0.3 is 0 Å². The molecule has 5 heteroatoms. The molecule has 0 spiro atoms. The number of hydrogen-bond acceptors (Lipinski definition) is 4. The first-order valence-corrected chi connectivity index (χ1v) is 8.24. The summed E-state index contributed by atoms with van der Waals surface area (Å²) in [6, 6.07) is 7.43. The fourth-order valence-corrected chi connectivity index (χ4v) is 2.29. The molecular weight excluding hydrogens is 292 g/mol. The Kier molecular flexibility index (Phi) is 8.06. The van der Waals surface area contributed by atoms with Crippen molar-refractivity contribution in [3.8, 4) is 5.75 Å². The maximum absolute atomic E-state index is 12.5. The van der Waals surface area contributed by atoms with Crippen molar-refractivity contribution < 1.29 is 14.3 Å². The van der Waals surface area contributed by atoms with Gasteiger partial charge in [0.1, 0.15) is 18.0 Å². The van der Waals surface area contributed by atoms with Crippen LogP contribution in [0.25, 0.3) is 0 Å². The van der Waals surface area contributed by atoms with E-state index < -0.39 is 5.60 Å². The Morgan fingerprint density at radius 1 is 1.22 bits per heavy atom. The summed E-state index contributed by atoms with van der Waals surface area (Å²) in [6.07, 6.45) is 1.58. The van der Waals surface area contributed by atoms with Crippen molar-refractivity contribution in [2.75, 3.05) is 39.2 Å². The first-order valence-electron chi connectivity index (χ1n) is 8.24. The van der Waals surface area contributed by atoms with Gasteiger partial charge in [0.05, 0.1) is 0 Å². The second kappa shape index (κ2) is 9.53. The first kappa shape index (κ1) is 19.5. The molecule has 0 aliphatic carbocycles. The molecule has 1 aromatic carbocycles. The molecule has 0 bridgehead atoms. The standard InChI is InChI=1S/C18H30N2O3/c1-6-12-18(3,23-7-2)17(21)19-15-8-10-16(11-9-15)22-14-13-20(4)5/h8-11H,6-7,12-14H2,1-5H3,(H,19,21)/t18-/m0/s1. The number of carbonyl (C=O) groups is 1. The molecule has 0 aliphatic heterocycles. The fourth-order valence-electron chi connectivity index (χ4n) is 2.29. The number of ether oxygens (including phenoxy) is 2. The molecule has 1 atom stereocenters. The van der Waals surface area contributed by atoms with Crippen LogP contribution in [0.5, 0.6) is 5.75 Å². The summed E-state index contributed by atoms with van der Waals surface area (Å²) < 4.78 is 11.3. The summed E-state index contributed by atoms with van der Waals surface area (Å²) in [4.78, 5) is 14.5. The number of nitrogens with one attached hydrogen (secondary N) is 1. The molecule has 0 aromatic heterocycles. The molecule has 0 radical (unpaired) electrons. The summed E-state index contributed by atoms with van der Waals surface area (Å²) in [6.45, 7) is 7.81. The van der Waals surface area contributed by atoms with E-state index in [-0.39, 0.29) is 5.91 Å². The summed E-state index contributed by atoms with van der Waals surface area (Å²) in [5.74, 6) is 0.688. The summed E-state index contributed by atoms with van der Waals surface area (Å²) in [5, 5.41) is 2.93. The van der Waals surface area contributed by atoms with Gasteiger partial charge in [0.2, 0.25) is 0 Å². The first-order chi connectivity index (χ1) is 10.9. The van der Waals surface area contributed by atoms with Crippen molar-refractivity contribution in [3.05, 3.63) is 24.3 Å². The summed E-state index contributed by atoms with van der Waals surface area (Å²) in [7, 11) is 4.02. The molecule has 0 aliphatic rings. The van der Waals surface area contributed by atoms with Gasteiger partial charge in [0.15, 0.2) is 0 Å². The van der Waals surface area contributed by atoms with Crippen LogP contribution in [0.2, 0.25) is 0 Å². The number of nitrogens with zero attached hydrogens (tertiary/aromatic N) is 1. The van der Waals surface area contributed by atoms with Gasteiger partial charge in [-0.2, -0.15) is 0 Å². The molecule has 1 rings (SSSR count). The molecular formula is C18H30N2O3. The van der Waals surface area contributed by atoms with Crippen molar-refractivity contribution >= 4 is 11.6 Å². The van der Waals surface area contributed by atoms with Gasteiger partial charge in [-0.25, -0.2) is 0 Å². The number of rotatable bonds is 10. The lowest BCUT2D eigenvalue weighted by Crippen LogP contribution is -2.42. The van der Waals surface area contributed by atoms with Crippen LogP contribution in [0.1, 0.15) is 33.6 Å². The molecule has 0 saturated heterocycles. The van der Waals surface area contributed by atoms with Crippen LogP contribution < -0.4 is 10.1 Å². The van der Waals surface area contributed by atoms with E-state index in [9.17, 15) is 4.79 Å². The van der Waals surface area contributed by atoms with Crippen molar-refractivity contribution in [2.45, 2.75) is 39.2 Å². The van der Waals surface area contributed by atoms with Crippen LogP contribution in [0.15, 0.2) is 24.3 Å². The van der Waals surface area contributed by atoms with Crippen molar-refractivity contribution in [2.24, 2.45) is 0 Å². The maximum Gasteiger partial charge on any atom is 0.256 e. The van der Waals surface area contributed by atoms with E-state index in [1.165, 1.54) is 0 Å². The molecule has 23 heavy (non-hydrogen) atoms. The molecule has 0 saturated carbocycles. The third kappa shape index (κ3) is 6.59. The zero-order valence-corrected chi connectivity index (χ0v) is 15.0. The SMILES string of the molecule is CCC[C@](C)(OCC)C(=O)Nc1ccc(OCCN(C)C)cc1. The largest absolute Gasteiger partial charge is 0.492 e. The van der Waals surface area contributed by atoms with E-state index in [0.717, 1.165) is 24.4 Å². The lowest BCUT2D eigenvalue weighted by molar-refractivity contribution is -0.139. The Morgan fingerprint density at radius 3 is 2.39 bits per heavy atom. The third-order valence-corrected chi connectivity index (χ3v) is 3.59. The van der Waals surface area contributed by atoms with Gasteiger partial charge < -0.3 is 19.7 Å². The molecule has 0 fully saturated rings. The van der Waals surface area contributed by atoms with Crippen LogP contribution in [-0.2, 0) is 9.53 Å². The van der Waals surface area contributed by atoms with E-state index in [1.807, 2.05) is 59.1 Å². The van der Waals surface area contributed by atoms with E-state index in [0.29, 0.717) is 19.6 Å². The van der Waals surface area contributed by atoms with Crippen molar-refractivity contribution in [3.63, 3.8) is 0 Å². The quantitative estimate of drug-likeness (QED) is 0.719. The topological polar surface area (TPSA) is 50.8 Å². The van der Waals surface area contributed by atoms with E-state index in [2.05, 4.69) is 10.2 Å². The lowest BCUT2D eigenvalue weighted by atomic mass is 9.99. The van der Waals surface area contributed by atoms with E-state index in [4.69, 9.17) is 9.47 Å². The smallest absolute Gasteiger partial charge is 0.256 e. The molecule has 1 amide bonds. The molecule has 0 unspecified atom stereocenters. The predicted octanol–water partition coefficient (Wildman–Crippen LogP) is 3.16. The Hall–Kier alpha value is -1.59. The Morgan fingerprint density at radius 2 is 1.87 bits per heavy atom. The second-order valence-corrected chi connectivity index (χ2v) is 6.04.